The molecule has 9 heteroatoms. The maximum absolute atomic E-state index is 11.6. The summed E-state index contributed by atoms with van der Waals surface area (Å²) in [5.74, 6) is -0.227. The van der Waals surface area contributed by atoms with Gasteiger partial charge in [0, 0.05) is 54.7 Å². The van der Waals surface area contributed by atoms with E-state index in [-0.39, 0.29) is 22.9 Å². The Bertz CT molecular complexity index is 950. The number of piperazine rings is 1. The molecule has 2 aliphatic heterocycles. The van der Waals surface area contributed by atoms with Crippen molar-refractivity contribution in [3.05, 3.63) is 61.2 Å². The predicted octanol–water partition coefficient (Wildman–Crippen LogP) is 3.18. The second-order valence-electron chi connectivity index (χ2n) is 8.27. The van der Waals surface area contributed by atoms with Gasteiger partial charge >= 0.3 is 0 Å². The Kier molecular flexibility index (Phi) is 8.16. The molecule has 4 rings (SSSR count). The molecule has 2 heterocycles. The number of hydrogen-bond acceptors (Lipinski definition) is 7. The molecule has 2 aromatic carbocycles. The van der Waals surface area contributed by atoms with E-state index in [1.165, 1.54) is 11.8 Å². The molecule has 2 aliphatic rings. The zero-order chi connectivity index (χ0) is 23.2. The lowest BCUT2D eigenvalue weighted by Gasteiger charge is -2.36. The van der Waals surface area contributed by atoms with Crippen LogP contribution in [0.2, 0.25) is 0 Å². The van der Waals surface area contributed by atoms with Gasteiger partial charge in [0.15, 0.2) is 0 Å². The van der Waals surface area contributed by atoms with Crippen LogP contribution in [0, 0.1) is 0 Å². The summed E-state index contributed by atoms with van der Waals surface area (Å²) in [7, 11) is 2.17. The molecule has 3 atom stereocenters. The fraction of sp³-hybridized carbons (Fsp3) is 0.375. The molecular weight excluding hydrogens is 456 g/mol. The van der Waals surface area contributed by atoms with Gasteiger partial charge in [0.2, 0.25) is 5.91 Å². The Morgan fingerprint density at radius 1 is 1.15 bits per heavy atom. The lowest BCUT2D eigenvalue weighted by Crippen LogP contribution is -2.61. The van der Waals surface area contributed by atoms with Crippen molar-refractivity contribution >= 4 is 46.3 Å². The number of benzene rings is 2. The minimum absolute atomic E-state index is 0.000357. The third-order valence-corrected chi connectivity index (χ3v) is 7.57. The van der Waals surface area contributed by atoms with Crippen LogP contribution in [0.15, 0.2) is 66.1 Å². The largest absolute Gasteiger partial charge is 0.369 e. The molecule has 0 saturated carbocycles. The Morgan fingerprint density at radius 3 is 2.64 bits per heavy atom. The van der Waals surface area contributed by atoms with Gasteiger partial charge in [0.05, 0.1) is 10.8 Å². The number of alkyl halides is 1. The van der Waals surface area contributed by atoms with Crippen LogP contribution in [-0.2, 0) is 4.79 Å². The molecule has 176 valence electrons. The highest BCUT2D eigenvalue weighted by Gasteiger charge is 2.29. The Labute approximate surface area is 204 Å². The quantitative estimate of drug-likeness (QED) is 0.354. The maximum atomic E-state index is 11.6. The van der Waals surface area contributed by atoms with Gasteiger partial charge in [-0.3, -0.25) is 15.4 Å². The number of nitrogens with one attached hydrogen (secondary N) is 4. The van der Waals surface area contributed by atoms with Crippen molar-refractivity contribution in [2.45, 2.75) is 21.9 Å². The summed E-state index contributed by atoms with van der Waals surface area (Å²) >= 11 is 8.25. The number of carbonyl (C=O) groups is 1. The summed E-state index contributed by atoms with van der Waals surface area (Å²) in [4.78, 5) is 17.4. The molecule has 3 unspecified atom stereocenters. The minimum atomic E-state index is -0.227. The van der Waals surface area contributed by atoms with E-state index in [4.69, 9.17) is 11.6 Å². The van der Waals surface area contributed by atoms with Gasteiger partial charge in [-0.2, -0.15) is 0 Å². The van der Waals surface area contributed by atoms with Crippen molar-refractivity contribution < 1.29 is 4.79 Å². The zero-order valence-electron chi connectivity index (χ0n) is 18.8. The molecule has 0 spiro atoms. The van der Waals surface area contributed by atoms with Crippen LogP contribution in [-0.4, -0.2) is 67.6 Å². The third kappa shape index (κ3) is 6.65. The molecule has 0 bridgehead atoms. The first kappa shape index (κ1) is 23.9. The summed E-state index contributed by atoms with van der Waals surface area (Å²) in [6.45, 7) is 8.48. The molecule has 1 amide bonds. The van der Waals surface area contributed by atoms with Crippen LogP contribution in [0.25, 0.3) is 0 Å². The molecule has 33 heavy (non-hydrogen) atoms. The third-order valence-electron chi connectivity index (χ3n) is 5.77. The Balaban J connectivity index is 1.33. The van der Waals surface area contributed by atoms with Crippen LogP contribution in [0.5, 0.6) is 0 Å². The number of hydrogen-bond donors (Lipinski definition) is 4. The van der Waals surface area contributed by atoms with E-state index in [0.29, 0.717) is 6.54 Å². The first-order chi connectivity index (χ1) is 16.0. The fourth-order valence-electron chi connectivity index (χ4n) is 3.85. The molecular formula is C24H31ClN6OS. The molecule has 0 aromatic heterocycles. The van der Waals surface area contributed by atoms with Gasteiger partial charge < -0.3 is 20.4 Å². The summed E-state index contributed by atoms with van der Waals surface area (Å²) in [6.07, 6.45) is 1.16. The maximum Gasteiger partial charge on any atom is 0.247 e. The summed E-state index contributed by atoms with van der Waals surface area (Å²) in [5, 5.41) is 13.2. The minimum Gasteiger partial charge on any atom is -0.369 e. The molecule has 2 fully saturated rings. The van der Waals surface area contributed by atoms with Crippen LogP contribution < -0.4 is 26.2 Å². The van der Waals surface area contributed by atoms with E-state index in [1.807, 2.05) is 24.3 Å². The number of nitrogens with zero attached hydrogens (tertiary/aromatic N) is 2. The molecule has 0 aliphatic carbocycles. The summed E-state index contributed by atoms with van der Waals surface area (Å²) < 4.78 is 0. The zero-order valence-corrected chi connectivity index (χ0v) is 20.3. The highest BCUT2D eigenvalue weighted by Crippen LogP contribution is 2.30. The van der Waals surface area contributed by atoms with Gasteiger partial charge in [-0.15, -0.1) is 23.4 Å². The van der Waals surface area contributed by atoms with Crippen molar-refractivity contribution in [3.8, 4) is 0 Å². The van der Waals surface area contributed by atoms with Crippen molar-refractivity contribution in [1.82, 2.24) is 15.5 Å². The van der Waals surface area contributed by atoms with Crippen LogP contribution in [0.1, 0.15) is 0 Å². The van der Waals surface area contributed by atoms with Gasteiger partial charge in [-0.1, -0.05) is 12.6 Å². The second kappa shape index (κ2) is 11.3. The average Bonchev–Trinajstić information content (AvgIpc) is 2.82. The SMILES string of the molecule is C=CC(=O)Nc1cccc(SC2NC(Nc3ccc(N4CCN(C)CC4)cc3)NCC2Cl)c1. The number of thioether (sulfide) groups is 1. The number of halogens is 1. The Morgan fingerprint density at radius 2 is 1.91 bits per heavy atom. The molecule has 2 saturated heterocycles. The van der Waals surface area contributed by atoms with E-state index in [0.717, 1.165) is 42.4 Å². The van der Waals surface area contributed by atoms with Crippen LogP contribution >= 0.6 is 23.4 Å². The lowest BCUT2D eigenvalue weighted by molar-refractivity contribution is -0.111. The standard InChI is InChI=1S/C24H31ClN6OS/c1-3-22(32)27-18-5-4-6-20(15-18)33-23-21(25)16-26-24(29-23)28-17-7-9-19(10-8-17)31-13-11-30(2)12-14-31/h3-10,15,21,23-24,26,28-29H,1,11-14,16H2,2H3,(H,27,32). The predicted molar refractivity (Wildman–Crippen MR) is 139 cm³/mol. The van der Waals surface area contributed by atoms with Crippen molar-refractivity contribution in [1.29, 1.82) is 0 Å². The number of carbonyl (C=O) groups excluding carboxylic acids is 1. The number of anilines is 3. The van der Waals surface area contributed by atoms with Crippen molar-refractivity contribution in [2.75, 3.05) is 55.3 Å². The molecule has 0 radical (unpaired) electrons. The normalized spacial score (nSPS) is 23.7. The topological polar surface area (TPSA) is 71.7 Å². The molecule has 7 nitrogen and oxygen atoms in total. The average molecular weight is 487 g/mol. The molecule has 2 aromatic rings. The first-order valence-corrected chi connectivity index (χ1v) is 12.5. The number of amides is 1. The van der Waals surface area contributed by atoms with Gasteiger partial charge in [-0.05, 0) is 55.6 Å². The van der Waals surface area contributed by atoms with E-state index in [1.54, 1.807) is 11.8 Å². The van der Waals surface area contributed by atoms with Crippen LogP contribution in [0.3, 0.4) is 0 Å². The van der Waals surface area contributed by atoms with Gasteiger partial charge in [-0.25, -0.2) is 0 Å². The van der Waals surface area contributed by atoms with E-state index < -0.39 is 0 Å². The highest BCUT2D eigenvalue weighted by molar-refractivity contribution is 8.00. The van der Waals surface area contributed by atoms with Crippen LogP contribution in [0.4, 0.5) is 17.1 Å². The monoisotopic (exact) mass is 486 g/mol. The van der Waals surface area contributed by atoms with Gasteiger partial charge in [0.25, 0.3) is 0 Å². The van der Waals surface area contributed by atoms with Gasteiger partial charge in [0.1, 0.15) is 6.29 Å². The highest BCUT2D eigenvalue weighted by atomic mass is 35.5. The van der Waals surface area contributed by atoms with E-state index in [9.17, 15) is 4.79 Å². The first-order valence-electron chi connectivity index (χ1n) is 11.1. The van der Waals surface area contributed by atoms with E-state index in [2.05, 4.69) is 69.0 Å². The number of likely N-dealkylation sites (N-methyl/N-ethyl adjacent to an activating group) is 1. The Hall–Kier alpha value is -2.23. The lowest BCUT2D eigenvalue weighted by atomic mass is 10.2. The van der Waals surface area contributed by atoms with Crippen molar-refractivity contribution in [3.63, 3.8) is 0 Å². The second-order valence-corrected chi connectivity index (χ2v) is 10.0. The van der Waals surface area contributed by atoms with E-state index >= 15 is 0 Å². The summed E-state index contributed by atoms with van der Waals surface area (Å²) in [5.41, 5.74) is 3.04. The molecule has 4 N–H and O–H groups in total. The fourth-order valence-corrected chi connectivity index (χ4v) is 5.26. The smallest absolute Gasteiger partial charge is 0.247 e. The van der Waals surface area contributed by atoms with Crippen molar-refractivity contribution in [2.24, 2.45) is 0 Å². The number of rotatable bonds is 7. The summed E-state index contributed by atoms with van der Waals surface area (Å²) in [6, 6.07) is 16.3.